The standard InChI is InChI=1S/C16H17BrN2O3/c1-12-4-5-13(14(17)10-12)6-7-16(21)22-11-15(20)19(2)9-3-8-18/h4-7,10H,3,9,11H2,1-2H3/b7-6+. The predicted octanol–water partition coefficient (Wildman–Crippen LogP) is 2.69. The molecule has 0 heterocycles. The van der Waals surface area contributed by atoms with Crippen molar-refractivity contribution in [2.45, 2.75) is 13.3 Å². The largest absolute Gasteiger partial charge is 0.452 e. The summed E-state index contributed by atoms with van der Waals surface area (Å²) in [6, 6.07) is 7.70. The smallest absolute Gasteiger partial charge is 0.331 e. The monoisotopic (exact) mass is 364 g/mol. The van der Waals surface area contributed by atoms with Gasteiger partial charge in [0.1, 0.15) is 0 Å². The van der Waals surface area contributed by atoms with Crippen LogP contribution in [0.25, 0.3) is 6.08 Å². The molecule has 0 saturated heterocycles. The zero-order chi connectivity index (χ0) is 16.5. The average Bonchev–Trinajstić information content (AvgIpc) is 2.49. The lowest BCUT2D eigenvalue weighted by Crippen LogP contribution is -2.31. The second-order valence-electron chi connectivity index (χ2n) is 4.69. The van der Waals surface area contributed by atoms with Crippen molar-refractivity contribution in [3.05, 3.63) is 39.9 Å². The number of amides is 1. The van der Waals surface area contributed by atoms with Crippen molar-refractivity contribution in [2.75, 3.05) is 20.2 Å². The quantitative estimate of drug-likeness (QED) is 0.574. The first kappa shape index (κ1) is 17.9. The molecule has 0 fully saturated rings. The normalized spacial score (nSPS) is 10.3. The van der Waals surface area contributed by atoms with Crippen LogP contribution < -0.4 is 0 Å². The topological polar surface area (TPSA) is 70.4 Å². The van der Waals surface area contributed by atoms with E-state index in [9.17, 15) is 9.59 Å². The molecule has 0 spiro atoms. The minimum absolute atomic E-state index is 0.248. The van der Waals surface area contributed by atoms with Gasteiger partial charge in [0, 0.05) is 24.1 Å². The predicted molar refractivity (Wildman–Crippen MR) is 86.7 cm³/mol. The number of halogens is 1. The molecule has 6 heteroatoms. The summed E-state index contributed by atoms with van der Waals surface area (Å²) in [5, 5.41) is 8.45. The lowest BCUT2D eigenvalue weighted by atomic mass is 10.1. The fourth-order valence-corrected chi connectivity index (χ4v) is 2.18. The molecule has 0 aromatic heterocycles. The maximum absolute atomic E-state index is 11.6. The molecule has 1 aromatic carbocycles. The molecule has 0 aliphatic carbocycles. The molecular weight excluding hydrogens is 348 g/mol. The molecule has 1 aromatic rings. The maximum atomic E-state index is 11.6. The Hall–Kier alpha value is -2.13. The van der Waals surface area contributed by atoms with Crippen LogP contribution in [0.5, 0.6) is 0 Å². The molecule has 0 saturated carbocycles. The van der Waals surface area contributed by atoms with Crippen molar-refractivity contribution in [3.63, 3.8) is 0 Å². The van der Waals surface area contributed by atoms with Gasteiger partial charge in [0.15, 0.2) is 6.61 Å². The Balaban J connectivity index is 2.48. The molecule has 0 radical (unpaired) electrons. The molecule has 0 aliphatic rings. The molecule has 0 aliphatic heterocycles. The summed E-state index contributed by atoms with van der Waals surface area (Å²) in [6.07, 6.45) is 3.14. The maximum Gasteiger partial charge on any atom is 0.331 e. The zero-order valence-electron chi connectivity index (χ0n) is 12.5. The van der Waals surface area contributed by atoms with Crippen molar-refractivity contribution in [1.29, 1.82) is 5.26 Å². The van der Waals surface area contributed by atoms with E-state index in [1.54, 1.807) is 13.1 Å². The van der Waals surface area contributed by atoms with Gasteiger partial charge in [-0.1, -0.05) is 28.1 Å². The van der Waals surface area contributed by atoms with E-state index < -0.39 is 5.97 Å². The number of aryl methyl sites for hydroxylation is 1. The highest BCUT2D eigenvalue weighted by molar-refractivity contribution is 9.10. The number of nitriles is 1. The minimum Gasteiger partial charge on any atom is -0.452 e. The minimum atomic E-state index is -0.588. The number of carbonyl (C=O) groups excluding carboxylic acids is 2. The third-order valence-corrected chi connectivity index (χ3v) is 3.56. The third-order valence-electron chi connectivity index (χ3n) is 2.88. The number of nitrogens with zero attached hydrogens (tertiary/aromatic N) is 2. The lowest BCUT2D eigenvalue weighted by molar-refractivity contribution is -0.147. The van der Waals surface area contributed by atoms with Gasteiger partial charge < -0.3 is 9.64 Å². The highest BCUT2D eigenvalue weighted by atomic mass is 79.9. The van der Waals surface area contributed by atoms with Gasteiger partial charge in [0.2, 0.25) is 0 Å². The summed E-state index contributed by atoms with van der Waals surface area (Å²) in [5.41, 5.74) is 1.96. The first-order chi connectivity index (χ1) is 10.4. The molecule has 1 rings (SSSR count). The van der Waals surface area contributed by atoms with Gasteiger partial charge in [-0.15, -0.1) is 0 Å². The van der Waals surface area contributed by atoms with Crippen molar-refractivity contribution in [2.24, 2.45) is 0 Å². The number of likely N-dealkylation sites (N-methyl/N-ethyl adjacent to an activating group) is 1. The first-order valence-corrected chi connectivity index (χ1v) is 7.45. The van der Waals surface area contributed by atoms with Crippen molar-refractivity contribution in [1.82, 2.24) is 4.90 Å². The molecule has 1 amide bonds. The number of benzene rings is 1. The summed E-state index contributed by atoms with van der Waals surface area (Å²) in [4.78, 5) is 24.6. The van der Waals surface area contributed by atoms with Crippen molar-refractivity contribution >= 4 is 33.9 Å². The summed E-state index contributed by atoms with van der Waals surface area (Å²) in [7, 11) is 1.56. The van der Waals surface area contributed by atoms with Gasteiger partial charge in [-0.05, 0) is 30.2 Å². The van der Waals surface area contributed by atoms with Crippen molar-refractivity contribution < 1.29 is 14.3 Å². The highest BCUT2D eigenvalue weighted by Crippen LogP contribution is 2.19. The van der Waals surface area contributed by atoms with Crippen molar-refractivity contribution in [3.8, 4) is 6.07 Å². The zero-order valence-corrected chi connectivity index (χ0v) is 14.1. The fraction of sp³-hybridized carbons (Fsp3) is 0.312. The Labute approximate surface area is 138 Å². The van der Waals surface area contributed by atoms with E-state index in [1.807, 2.05) is 31.2 Å². The van der Waals surface area contributed by atoms with Crippen LogP contribution in [-0.4, -0.2) is 37.0 Å². The van der Waals surface area contributed by atoms with Gasteiger partial charge in [0.05, 0.1) is 12.5 Å². The molecular formula is C16H17BrN2O3. The van der Waals surface area contributed by atoms with E-state index >= 15 is 0 Å². The number of carbonyl (C=O) groups is 2. The molecule has 116 valence electrons. The van der Waals surface area contributed by atoms with Crippen LogP contribution in [0.1, 0.15) is 17.5 Å². The Bertz CT molecular complexity index is 620. The third kappa shape index (κ3) is 6.10. The van der Waals surface area contributed by atoms with E-state index in [4.69, 9.17) is 10.00 Å². The molecule has 0 N–H and O–H groups in total. The summed E-state index contributed by atoms with van der Waals surface area (Å²) >= 11 is 3.41. The van der Waals surface area contributed by atoms with Crippen LogP contribution in [0.4, 0.5) is 0 Å². The van der Waals surface area contributed by atoms with Crippen LogP contribution in [0, 0.1) is 18.3 Å². The van der Waals surface area contributed by atoms with Gasteiger partial charge in [0.25, 0.3) is 5.91 Å². The number of esters is 1. The average molecular weight is 365 g/mol. The molecule has 22 heavy (non-hydrogen) atoms. The SMILES string of the molecule is Cc1ccc(/C=C/C(=O)OCC(=O)N(C)CCC#N)c(Br)c1. The number of hydrogen-bond acceptors (Lipinski definition) is 4. The van der Waals surface area contributed by atoms with Gasteiger partial charge in [-0.3, -0.25) is 4.79 Å². The van der Waals surface area contributed by atoms with E-state index in [-0.39, 0.29) is 18.9 Å². The molecule has 0 bridgehead atoms. The van der Waals surface area contributed by atoms with Crippen LogP contribution in [0.15, 0.2) is 28.7 Å². The fourth-order valence-electron chi connectivity index (χ4n) is 1.56. The van der Waals surface area contributed by atoms with E-state index in [0.29, 0.717) is 6.54 Å². The Morgan fingerprint density at radius 1 is 1.45 bits per heavy atom. The van der Waals surface area contributed by atoms with E-state index in [2.05, 4.69) is 15.9 Å². The summed E-state index contributed by atoms with van der Waals surface area (Å²) in [6.45, 7) is 1.96. The number of rotatable bonds is 6. The summed E-state index contributed by atoms with van der Waals surface area (Å²) < 4.78 is 5.75. The van der Waals surface area contributed by atoms with Gasteiger partial charge in [-0.2, -0.15) is 5.26 Å². The van der Waals surface area contributed by atoms with E-state index in [0.717, 1.165) is 15.6 Å². The van der Waals surface area contributed by atoms with Crippen LogP contribution in [0.3, 0.4) is 0 Å². The second-order valence-corrected chi connectivity index (χ2v) is 5.54. The van der Waals surface area contributed by atoms with E-state index in [1.165, 1.54) is 11.0 Å². The Kier molecular flexibility index (Phi) is 7.33. The van der Waals surface area contributed by atoms with Gasteiger partial charge >= 0.3 is 5.97 Å². The Morgan fingerprint density at radius 3 is 2.82 bits per heavy atom. The second kappa shape index (κ2) is 9.00. The van der Waals surface area contributed by atoms with Crippen LogP contribution in [0.2, 0.25) is 0 Å². The number of ether oxygens (including phenoxy) is 1. The lowest BCUT2D eigenvalue weighted by Gasteiger charge is -2.14. The van der Waals surface area contributed by atoms with Crippen LogP contribution >= 0.6 is 15.9 Å². The molecule has 0 unspecified atom stereocenters. The first-order valence-electron chi connectivity index (χ1n) is 6.66. The van der Waals surface area contributed by atoms with Gasteiger partial charge in [-0.25, -0.2) is 4.79 Å². The molecule has 0 atom stereocenters. The van der Waals surface area contributed by atoms with Crippen LogP contribution in [-0.2, 0) is 14.3 Å². The Morgan fingerprint density at radius 2 is 2.18 bits per heavy atom. The number of hydrogen-bond donors (Lipinski definition) is 0. The molecule has 5 nitrogen and oxygen atoms in total. The summed E-state index contributed by atoms with van der Waals surface area (Å²) in [5.74, 6) is -0.928. The highest BCUT2D eigenvalue weighted by Gasteiger charge is 2.10.